The van der Waals surface area contributed by atoms with Crippen LogP contribution in [0.2, 0.25) is 0 Å². The number of Topliss-reactive ketones (excluding diaryl/α,β-unsaturated/α-hetero) is 2. The van der Waals surface area contributed by atoms with E-state index >= 15 is 0 Å². The number of ether oxygens (including phenoxy) is 1. The van der Waals surface area contributed by atoms with Crippen LogP contribution >= 0.6 is 0 Å². The normalized spacial score (nSPS) is 11.4. The van der Waals surface area contributed by atoms with E-state index in [1.54, 1.807) is 31.2 Å². The van der Waals surface area contributed by atoms with Crippen LogP contribution in [0.15, 0.2) is 91.0 Å². The van der Waals surface area contributed by atoms with Gasteiger partial charge in [0.1, 0.15) is 6.61 Å². The molecule has 0 aromatic heterocycles. The molecule has 0 heterocycles. The van der Waals surface area contributed by atoms with Crippen LogP contribution in [0.1, 0.15) is 71.4 Å². The van der Waals surface area contributed by atoms with Crippen LogP contribution in [0.4, 0.5) is 0 Å². The molecule has 0 saturated heterocycles. The number of ketones is 2. The lowest BCUT2D eigenvalue weighted by Gasteiger charge is -2.05. The number of methoxy groups -OCH3 is 1. The van der Waals surface area contributed by atoms with E-state index in [0.29, 0.717) is 16.7 Å². The molecular weight excluding hydrogens is 512 g/mol. The van der Waals surface area contributed by atoms with Crippen LogP contribution in [0, 0.1) is 0 Å². The lowest BCUT2D eigenvalue weighted by atomic mass is 10.00. The zero-order chi connectivity index (χ0) is 29.2. The van der Waals surface area contributed by atoms with Crippen molar-refractivity contribution in [3.8, 4) is 0 Å². The van der Waals surface area contributed by atoms with Crippen molar-refractivity contribution in [2.24, 2.45) is 0 Å². The lowest BCUT2D eigenvalue weighted by Crippen LogP contribution is -2.03. The molecule has 4 aromatic carbocycles. The van der Waals surface area contributed by atoms with Gasteiger partial charge in [-0.1, -0.05) is 109 Å². The van der Waals surface area contributed by atoms with Gasteiger partial charge in [-0.2, -0.15) is 0 Å². The first-order valence-corrected chi connectivity index (χ1v) is 13.1. The average molecular weight is 543 g/mol. The number of aliphatic hydroxyl groups excluding tert-OH is 1. The van der Waals surface area contributed by atoms with Gasteiger partial charge in [0, 0.05) is 11.1 Å². The summed E-state index contributed by atoms with van der Waals surface area (Å²) in [5.41, 5.74) is 7.48. The minimum atomic E-state index is -0.509. The van der Waals surface area contributed by atoms with E-state index in [9.17, 15) is 14.4 Å². The monoisotopic (exact) mass is 542 g/mol. The predicted molar refractivity (Wildman–Crippen MR) is 165 cm³/mol. The van der Waals surface area contributed by atoms with Gasteiger partial charge in [-0.3, -0.25) is 9.59 Å². The Morgan fingerprint density at radius 2 is 1.02 bits per heavy atom. The SMILES string of the molecule is COC(=O)c1ccc(/C=C/c2cc(/C=C/c3ccc(C(=O)CO)cc3)ccc2/C=C/c2ccc(C(C)=O)cc2)cc1. The molecule has 41 heavy (non-hydrogen) atoms. The molecule has 204 valence electrons. The van der Waals surface area contributed by atoms with Gasteiger partial charge in [0.15, 0.2) is 11.6 Å². The Balaban J connectivity index is 1.62. The van der Waals surface area contributed by atoms with E-state index in [1.807, 2.05) is 97.1 Å². The number of hydrogen-bond acceptors (Lipinski definition) is 5. The van der Waals surface area contributed by atoms with Crippen molar-refractivity contribution < 1.29 is 24.2 Å². The summed E-state index contributed by atoms with van der Waals surface area (Å²) in [7, 11) is 1.36. The maximum absolute atomic E-state index is 11.8. The number of rotatable bonds is 10. The molecule has 4 aromatic rings. The molecule has 0 fully saturated rings. The fraction of sp³-hybridized carbons (Fsp3) is 0.0833. The first-order valence-electron chi connectivity index (χ1n) is 13.1. The van der Waals surface area contributed by atoms with Crippen LogP contribution in [0.25, 0.3) is 36.5 Å². The zero-order valence-corrected chi connectivity index (χ0v) is 22.9. The third-order valence-electron chi connectivity index (χ3n) is 6.52. The summed E-state index contributed by atoms with van der Waals surface area (Å²) in [5, 5.41) is 9.05. The van der Waals surface area contributed by atoms with Gasteiger partial charge >= 0.3 is 5.97 Å². The second-order valence-electron chi connectivity index (χ2n) is 9.38. The summed E-state index contributed by atoms with van der Waals surface area (Å²) in [4.78, 5) is 35.0. The van der Waals surface area contributed by atoms with Gasteiger partial charge in [0.25, 0.3) is 0 Å². The van der Waals surface area contributed by atoms with Crippen molar-refractivity contribution in [1.82, 2.24) is 0 Å². The second-order valence-corrected chi connectivity index (χ2v) is 9.38. The largest absolute Gasteiger partial charge is 0.465 e. The highest BCUT2D eigenvalue weighted by Gasteiger charge is 2.05. The molecule has 5 heteroatoms. The molecule has 0 aliphatic rings. The van der Waals surface area contributed by atoms with Crippen LogP contribution in [0.3, 0.4) is 0 Å². The first kappa shape index (κ1) is 28.9. The molecule has 0 bridgehead atoms. The molecule has 0 amide bonds. The van der Waals surface area contributed by atoms with Gasteiger partial charge in [-0.25, -0.2) is 4.79 Å². The number of esters is 1. The highest BCUT2D eigenvalue weighted by Crippen LogP contribution is 2.21. The van der Waals surface area contributed by atoms with E-state index in [0.717, 1.165) is 33.4 Å². The molecule has 0 unspecified atom stereocenters. The van der Waals surface area contributed by atoms with E-state index in [4.69, 9.17) is 9.84 Å². The summed E-state index contributed by atoms with van der Waals surface area (Å²) < 4.78 is 4.78. The summed E-state index contributed by atoms with van der Waals surface area (Å²) in [6, 6.07) is 27.9. The Morgan fingerprint density at radius 3 is 1.54 bits per heavy atom. The third kappa shape index (κ3) is 7.94. The highest BCUT2D eigenvalue weighted by molar-refractivity contribution is 5.97. The highest BCUT2D eigenvalue weighted by atomic mass is 16.5. The van der Waals surface area contributed by atoms with Crippen molar-refractivity contribution in [3.05, 3.63) is 141 Å². The van der Waals surface area contributed by atoms with Gasteiger partial charge in [-0.05, 0) is 58.5 Å². The summed E-state index contributed by atoms with van der Waals surface area (Å²) in [6.07, 6.45) is 12.0. The molecule has 0 aliphatic carbocycles. The van der Waals surface area contributed by atoms with Crippen LogP contribution in [-0.2, 0) is 4.74 Å². The average Bonchev–Trinajstić information content (AvgIpc) is 3.02. The Bertz CT molecular complexity index is 1620. The van der Waals surface area contributed by atoms with Gasteiger partial charge < -0.3 is 9.84 Å². The van der Waals surface area contributed by atoms with E-state index in [-0.39, 0.29) is 17.5 Å². The maximum atomic E-state index is 11.8. The number of hydrogen-bond donors (Lipinski definition) is 1. The Labute approximate surface area is 239 Å². The Kier molecular flexibility index (Phi) is 9.71. The summed E-state index contributed by atoms with van der Waals surface area (Å²) >= 11 is 0. The Morgan fingerprint density at radius 1 is 0.585 bits per heavy atom. The number of aliphatic hydroxyl groups is 1. The smallest absolute Gasteiger partial charge is 0.337 e. The lowest BCUT2D eigenvalue weighted by molar-refractivity contribution is 0.0600. The quantitative estimate of drug-likeness (QED) is 0.129. The predicted octanol–water partition coefficient (Wildman–Crippen LogP) is 7.36. The van der Waals surface area contributed by atoms with Crippen LogP contribution in [0.5, 0.6) is 0 Å². The minimum absolute atomic E-state index is 0.0332. The van der Waals surface area contributed by atoms with Crippen molar-refractivity contribution in [2.75, 3.05) is 13.7 Å². The number of carbonyl (C=O) groups is 3. The molecule has 4 rings (SSSR count). The molecule has 0 spiro atoms. The molecule has 0 radical (unpaired) electrons. The molecule has 0 aliphatic heterocycles. The van der Waals surface area contributed by atoms with Gasteiger partial charge in [0.05, 0.1) is 12.7 Å². The molecule has 5 nitrogen and oxygen atoms in total. The molecule has 0 saturated carbocycles. The summed E-state index contributed by atoms with van der Waals surface area (Å²) in [5.74, 6) is -0.653. The van der Waals surface area contributed by atoms with E-state index in [1.165, 1.54) is 7.11 Å². The maximum Gasteiger partial charge on any atom is 0.337 e. The fourth-order valence-electron chi connectivity index (χ4n) is 4.11. The zero-order valence-electron chi connectivity index (χ0n) is 22.9. The third-order valence-corrected chi connectivity index (χ3v) is 6.52. The molecule has 1 N–H and O–H groups in total. The van der Waals surface area contributed by atoms with Crippen LogP contribution in [-0.4, -0.2) is 36.4 Å². The van der Waals surface area contributed by atoms with Crippen molar-refractivity contribution in [2.45, 2.75) is 6.92 Å². The fourth-order valence-corrected chi connectivity index (χ4v) is 4.11. The van der Waals surface area contributed by atoms with Crippen molar-refractivity contribution in [3.63, 3.8) is 0 Å². The summed E-state index contributed by atoms with van der Waals surface area (Å²) in [6.45, 7) is 1.04. The van der Waals surface area contributed by atoms with E-state index in [2.05, 4.69) is 6.07 Å². The van der Waals surface area contributed by atoms with Gasteiger partial charge in [-0.15, -0.1) is 0 Å². The standard InChI is InChI=1S/C36H30O5/c1-25(38)30-14-5-27(6-15-30)7-16-31-17-13-29(4-3-26-8-18-32(19-9-26)35(39)24-37)23-34(31)22-12-28-10-20-33(21-11-28)36(40)41-2/h3-23,37H,24H2,1-2H3/b4-3+,16-7+,22-12+. The molecular formula is C36H30O5. The second kappa shape index (κ2) is 13.8. The molecule has 0 atom stereocenters. The topological polar surface area (TPSA) is 80.7 Å². The van der Waals surface area contributed by atoms with Gasteiger partial charge in [0.2, 0.25) is 0 Å². The Hall–Kier alpha value is -5.13. The number of benzene rings is 4. The van der Waals surface area contributed by atoms with E-state index < -0.39 is 6.61 Å². The first-order chi connectivity index (χ1) is 19.9. The number of carbonyl (C=O) groups excluding carboxylic acids is 3. The van der Waals surface area contributed by atoms with Crippen molar-refractivity contribution >= 4 is 54.0 Å². The minimum Gasteiger partial charge on any atom is -0.465 e. The van der Waals surface area contributed by atoms with Crippen molar-refractivity contribution in [1.29, 1.82) is 0 Å². The van der Waals surface area contributed by atoms with Crippen LogP contribution < -0.4 is 0 Å².